The number of aryl methyl sites for hydroxylation is 2. The van der Waals surface area contributed by atoms with E-state index in [0.29, 0.717) is 18.8 Å². The molecule has 4 nitrogen and oxygen atoms in total. The molecular formula is C11H18N2O2. The first-order chi connectivity index (χ1) is 7.04. The summed E-state index contributed by atoms with van der Waals surface area (Å²) in [5, 5.41) is 9.63. The van der Waals surface area contributed by atoms with Crippen molar-refractivity contribution in [2.75, 3.05) is 0 Å². The van der Waals surface area contributed by atoms with Gasteiger partial charge in [-0.15, -0.1) is 0 Å². The van der Waals surface area contributed by atoms with Gasteiger partial charge in [0.1, 0.15) is 5.82 Å². The van der Waals surface area contributed by atoms with E-state index in [2.05, 4.69) is 4.98 Å². The van der Waals surface area contributed by atoms with Crippen LogP contribution in [-0.4, -0.2) is 20.8 Å². The van der Waals surface area contributed by atoms with E-state index >= 15 is 0 Å². The first kappa shape index (κ1) is 11.9. The van der Waals surface area contributed by atoms with E-state index in [1.165, 1.54) is 10.6 Å². The van der Waals surface area contributed by atoms with Gasteiger partial charge in [0.2, 0.25) is 0 Å². The second-order valence-electron chi connectivity index (χ2n) is 3.84. The van der Waals surface area contributed by atoms with Gasteiger partial charge in [-0.05, 0) is 20.3 Å². The van der Waals surface area contributed by atoms with Crippen LogP contribution < -0.4 is 5.56 Å². The summed E-state index contributed by atoms with van der Waals surface area (Å²) in [5.41, 5.74) is 0.633. The van der Waals surface area contributed by atoms with Crippen molar-refractivity contribution in [2.24, 2.45) is 0 Å². The Labute approximate surface area is 89.6 Å². The van der Waals surface area contributed by atoms with Gasteiger partial charge in [-0.1, -0.05) is 13.3 Å². The van der Waals surface area contributed by atoms with Gasteiger partial charge in [0.25, 0.3) is 5.56 Å². The van der Waals surface area contributed by atoms with Crippen molar-refractivity contribution in [1.82, 2.24) is 9.55 Å². The average Bonchev–Trinajstić information content (AvgIpc) is 2.11. The van der Waals surface area contributed by atoms with E-state index in [9.17, 15) is 9.90 Å². The maximum absolute atomic E-state index is 11.6. The third kappa shape index (κ3) is 3.16. The molecule has 1 rings (SSSR count). The van der Waals surface area contributed by atoms with Crippen molar-refractivity contribution in [3.05, 3.63) is 27.9 Å². The van der Waals surface area contributed by atoms with Gasteiger partial charge in [0.05, 0.1) is 12.6 Å². The topological polar surface area (TPSA) is 55.1 Å². The molecule has 0 bridgehead atoms. The SMILES string of the molecule is CCCC(O)Cn1c(C)nc(C)cc1=O. The minimum atomic E-state index is -0.462. The lowest BCUT2D eigenvalue weighted by atomic mass is 10.2. The molecule has 1 unspecified atom stereocenters. The van der Waals surface area contributed by atoms with Crippen molar-refractivity contribution in [3.63, 3.8) is 0 Å². The van der Waals surface area contributed by atoms with Crippen LogP contribution in [0, 0.1) is 13.8 Å². The van der Waals surface area contributed by atoms with Crippen molar-refractivity contribution in [3.8, 4) is 0 Å². The van der Waals surface area contributed by atoms with E-state index in [1.807, 2.05) is 6.92 Å². The Morgan fingerprint density at radius 2 is 2.20 bits per heavy atom. The van der Waals surface area contributed by atoms with Crippen molar-refractivity contribution >= 4 is 0 Å². The van der Waals surface area contributed by atoms with Crippen molar-refractivity contribution in [2.45, 2.75) is 46.3 Å². The second kappa shape index (κ2) is 5.07. The fraction of sp³-hybridized carbons (Fsp3) is 0.636. The molecule has 1 atom stereocenters. The molecule has 1 aromatic heterocycles. The van der Waals surface area contributed by atoms with Gasteiger partial charge in [0.15, 0.2) is 0 Å². The Kier molecular flexibility index (Phi) is 4.03. The zero-order valence-corrected chi connectivity index (χ0v) is 9.53. The highest BCUT2D eigenvalue weighted by atomic mass is 16.3. The number of hydrogen-bond acceptors (Lipinski definition) is 3. The average molecular weight is 210 g/mol. The van der Waals surface area contributed by atoms with Gasteiger partial charge in [-0.25, -0.2) is 4.98 Å². The molecule has 0 radical (unpaired) electrons. The molecule has 84 valence electrons. The van der Waals surface area contributed by atoms with Crippen LogP contribution in [0.1, 0.15) is 31.3 Å². The molecule has 0 spiro atoms. The Balaban J connectivity index is 2.90. The molecular weight excluding hydrogens is 192 g/mol. The van der Waals surface area contributed by atoms with E-state index in [1.54, 1.807) is 13.8 Å². The summed E-state index contributed by atoms with van der Waals surface area (Å²) in [6.07, 6.45) is 1.16. The van der Waals surface area contributed by atoms with Gasteiger partial charge < -0.3 is 5.11 Å². The highest BCUT2D eigenvalue weighted by molar-refractivity contribution is 5.01. The summed E-state index contributed by atoms with van der Waals surface area (Å²) < 4.78 is 1.52. The van der Waals surface area contributed by atoms with E-state index < -0.39 is 6.10 Å². The summed E-state index contributed by atoms with van der Waals surface area (Å²) in [4.78, 5) is 15.8. The van der Waals surface area contributed by atoms with Crippen LogP contribution in [0.15, 0.2) is 10.9 Å². The van der Waals surface area contributed by atoms with Gasteiger partial charge in [-0.2, -0.15) is 0 Å². The van der Waals surface area contributed by atoms with Crippen LogP contribution in [-0.2, 0) is 6.54 Å². The Bertz CT molecular complexity index is 385. The van der Waals surface area contributed by atoms with Crippen LogP contribution >= 0.6 is 0 Å². The first-order valence-corrected chi connectivity index (χ1v) is 5.27. The maximum Gasteiger partial charge on any atom is 0.253 e. The predicted molar refractivity (Wildman–Crippen MR) is 58.9 cm³/mol. The highest BCUT2D eigenvalue weighted by Crippen LogP contribution is 2.01. The van der Waals surface area contributed by atoms with Crippen LogP contribution in [0.25, 0.3) is 0 Å². The lowest BCUT2D eigenvalue weighted by molar-refractivity contribution is 0.141. The molecule has 1 N–H and O–H groups in total. The Morgan fingerprint density at radius 3 is 2.73 bits per heavy atom. The third-order valence-corrected chi connectivity index (χ3v) is 2.34. The Morgan fingerprint density at radius 1 is 1.53 bits per heavy atom. The standard InChI is InChI=1S/C11H18N2O2/c1-4-5-10(14)7-13-9(3)12-8(2)6-11(13)15/h6,10,14H,4-5,7H2,1-3H3. The number of aliphatic hydroxyl groups excluding tert-OH is 1. The minimum absolute atomic E-state index is 0.0878. The summed E-state index contributed by atoms with van der Waals surface area (Å²) in [5.74, 6) is 0.662. The lowest BCUT2D eigenvalue weighted by Gasteiger charge is -2.13. The summed E-state index contributed by atoms with van der Waals surface area (Å²) in [6, 6.07) is 1.49. The summed E-state index contributed by atoms with van der Waals surface area (Å²) in [7, 11) is 0. The molecule has 0 fully saturated rings. The molecule has 0 aliphatic rings. The number of hydrogen-bond donors (Lipinski definition) is 1. The molecule has 0 aromatic carbocycles. The first-order valence-electron chi connectivity index (χ1n) is 5.27. The molecule has 0 amide bonds. The smallest absolute Gasteiger partial charge is 0.253 e. The monoisotopic (exact) mass is 210 g/mol. The fourth-order valence-electron chi connectivity index (χ4n) is 1.62. The van der Waals surface area contributed by atoms with Gasteiger partial charge >= 0.3 is 0 Å². The van der Waals surface area contributed by atoms with Crippen LogP contribution in [0.2, 0.25) is 0 Å². The molecule has 1 aromatic rings. The molecule has 0 aliphatic carbocycles. The number of aromatic nitrogens is 2. The predicted octanol–water partition coefficient (Wildman–Crippen LogP) is 1.02. The zero-order chi connectivity index (χ0) is 11.4. The molecule has 0 saturated heterocycles. The van der Waals surface area contributed by atoms with Gasteiger partial charge in [0, 0.05) is 11.8 Å². The molecule has 15 heavy (non-hydrogen) atoms. The second-order valence-corrected chi connectivity index (χ2v) is 3.84. The summed E-state index contributed by atoms with van der Waals surface area (Å²) >= 11 is 0. The molecule has 4 heteroatoms. The van der Waals surface area contributed by atoms with Crippen LogP contribution in [0.5, 0.6) is 0 Å². The summed E-state index contributed by atoms with van der Waals surface area (Å²) in [6.45, 7) is 5.92. The quantitative estimate of drug-likeness (QED) is 0.807. The van der Waals surface area contributed by atoms with E-state index in [-0.39, 0.29) is 5.56 Å². The Hall–Kier alpha value is -1.16. The van der Waals surface area contributed by atoms with Crippen LogP contribution in [0.4, 0.5) is 0 Å². The van der Waals surface area contributed by atoms with E-state index in [4.69, 9.17) is 0 Å². The zero-order valence-electron chi connectivity index (χ0n) is 9.53. The lowest BCUT2D eigenvalue weighted by Crippen LogP contribution is -2.29. The normalized spacial score (nSPS) is 12.8. The number of nitrogens with zero attached hydrogens (tertiary/aromatic N) is 2. The van der Waals surface area contributed by atoms with Crippen molar-refractivity contribution in [1.29, 1.82) is 0 Å². The van der Waals surface area contributed by atoms with Crippen molar-refractivity contribution < 1.29 is 5.11 Å². The van der Waals surface area contributed by atoms with Crippen LogP contribution in [0.3, 0.4) is 0 Å². The van der Waals surface area contributed by atoms with Gasteiger partial charge in [-0.3, -0.25) is 9.36 Å². The third-order valence-electron chi connectivity index (χ3n) is 2.34. The highest BCUT2D eigenvalue weighted by Gasteiger charge is 2.08. The number of rotatable bonds is 4. The fourth-order valence-corrected chi connectivity index (χ4v) is 1.62. The molecule has 0 aliphatic heterocycles. The maximum atomic E-state index is 11.6. The number of aliphatic hydroxyl groups is 1. The molecule has 1 heterocycles. The largest absolute Gasteiger partial charge is 0.391 e. The molecule has 0 saturated carbocycles. The minimum Gasteiger partial charge on any atom is -0.391 e. The van der Waals surface area contributed by atoms with E-state index in [0.717, 1.165) is 12.1 Å².